The quantitative estimate of drug-likeness (QED) is 0.547. The zero-order valence-corrected chi connectivity index (χ0v) is 7.15. The van der Waals surface area contributed by atoms with Gasteiger partial charge in [0.1, 0.15) is 0 Å². The smallest absolute Gasteiger partial charge is 0.0333 e. The molecule has 0 aromatic rings. The van der Waals surface area contributed by atoms with Crippen molar-refractivity contribution in [3.05, 3.63) is 12.2 Å². The Morgan fingerprint density at radius 1 is 1.60 bits per heavy atom. The maximum absolute atomic E-state index is 3.31. The van der Waals surface area contributed by atoms with E-state index in [2.05, 4.69) is 31.3 Å². The molecule has 1 heteroatoms. The van der Waals surface area contributed by atoms with Crippen molar-refractivity contribution >= 4 is 0 Å². The average molecular weight is 139 g/mol. The fourth-order valence-electron chi connectivity index (χ4n) is 1.29. The molecule has 0 spiro atoms. The molecule has 1 nitrogen and oxygen atoms in total. The van der Waals surface area contributed by atoms with Crippen molar-refractivity contribution in [3.63, 3.8) is 0 Å². The van der Waals surface area contributed by atoms with Crippen molar-refractivity contribution in [2.45, 2.75) is 32.2 Å². The minimum atomic E-state index is 0.270. The van der Waals surface area contributed by atoms with Crippen molar-refractivity contribution < 1.29 is 0 Å². The molecule has 0 aliphatic heterocycles. The molecule has 0 aromatic carbocycles. The minimum absolute atomic E-state index is 0.270. The Balaban J connectivity index is 2.59. The first kappa shape index (κ1) is 7.80. The molecule has 0 fully saturated rings. The molecule has 2 atom stereocenters. The second-order valence-electron chi connectivity index (χ2n) is 3.54. The van der Waals surface area contributed by atoms with Crippen molar-refractivity contribution in [3.8, 4) is 0 Å². The number of hydrogen-bond donors (Lipinski definition) is 1. The topological polar surface area (TPSA) is 12.0 Å². The molecule has 1 N–H and O–H groups in total. The van der Waals surface area contributed by atoms with Gasteiger partial charge >= 0.3 is 0 Å². The standard InChI is InChI=1S/C9H17N/c1-8-4-6-9(2,10-3)7-5-8/h4,6,8,10H,5,7H2,1-3H3. The summed E-state index contributed by atoms with van der Waals surface area (Å²) in [4.78, 5) is 0. The summed E-state index contributed by atoms with van der Waals surface area (Å²) in [6, 6.07) is 0. The van der Waals surface area contributed by atoms with Crippen LogP contribution in [0.3, 0.4) is 0 Å². The zero-order chi connectivity index (χ0) is 7.61. The van der Waals surface area contributed by atoms with Gasteiger partial charge in [-0.25, -0.2) is 0 Å². The Bertz CT molecular complexity index is 140. The van der Waals surface area contributed by atoms with E-state index in [4.69, 9.17) is 0 Å². The van der Waals surface area contributed by atoms with Gasteiger partial charge in [0.2, 0.25) is 0 Å². The zero-order valence-electron chi connectivity index (χ0n) is 7.15. The Hall–Kier alpha value is -0.300. The van der Waals surface area contributed by atoms with Crippen molar-refractivity contribution in [1.82, 2.24) is 5.32 Å². The van der Waals surface area contributed by atoms with E-state index in [1.807, 2.05) is 7.05 Å². The Kier molecular flexibility index (Phi) is 2.14. The molecular weight excluding hydrogens is 122 g/mol. The van der Waals surface area contributed by atoms with Gasteiger partial charge in [-0.3, -0.25) is 0 Å². The van der Waals surface area contributed by atoms with Gasteiger partial charge in [0.15, 0.2) is 0 Å². The summed E-state index contributed by atoms with van der Waals surface area (Å²) < 4.78 is 0. The van der Waals surface area contributed by atoms with Crippen LogP contribution >= 0.6 is 0 Å². The molecule has 0 radical (unpaired) electrons. The van der Waals surface area contributed by atoms with Gasteiger partial charge in [0, 0.05) is 5.54 Å². The van der Waals surface area contributed by atoms with Crippen LogP contribution in [-0.4, -0.2) is 12.6 Å². The second-order valence-corrected chi connectivity index (χ2v) is 3.54. The van der Waals surface area contributed by atoms with E-state index in [9.17, 15) is 0 Å². The summed E-state index contributed by atoms with van der Waals surface area (Å²) >= 11 is 0. The number of hydrogen-bond acceptors (Lipinski definition) is 1. The lowest BCUT2D eigenvalue weighted by molar-refractivity contribution is 0.383. The lowest BCUT2D eigenvalue weighted by atomic mass is 9.85. The number of likely N-dealkylation sites (N-methyl/N-ethyl adjacent to an activating group) is 1. The van der Waals surface area contributed by atoms with Gasteiger partial charge in [-0.1, -0.05) is 19.1 Å². The van der Waals surface area contributed by atoms with Crippen LogP contribution in [0.2, 0.25) is 0 Å². The Morgan fingerprint density at radius 2 is 2.30 bits per heavy atom. The van der Waals surface area contributed by atoms with Crippen LogP contribution in [0.4, 0.5) is 0 Å². The first-order valence-electron chi connectivity index (χ1n) is 4.04. The maximum atomic E-state index is 3.31. The van der Waals surface area contributed by atoms with Crippen LogP contribution in [0.5, 0.6) is 0 Å². The van der Waals surface area contributed by atoms with E-state index in [0.717, 1.165) is 5.92 Å². The van der Waals surface area contributed by atoms with Crippen molar-refractivity contribution in [2.24, 2.45) is 5.92 Å². The fourth-order valence-corrected chi connectivity index (χ4v) is 1.29. The van der Waals surface area contributed by atoms with Crippen LogP contribution in [0, 0.1) is 5.92 Å². The fraction of sp³-hybridized carbons (Fsp3) is 0.778. The summed E-state index contributed by atoms with van der Waals surface area (Å²) in [6.07, 6.45) is 7.18. The molecule has 0 bridgehead atoms. The maximum Gasteiger partial charge on any atom is 0.0333 e. The van der Waals surface area contributed by atoms with Gasteiger partial charge in [-0.05, 0) is 32.7 Å². The lowest BCUT2D eigenvalue weighted by Gasteiger charge is -2.30. The van der Waals surface area contributed by atoms with Crippen LogP contribution in [-0.2, 0) is 0 Å². The van der Waals surface area contributed by atoms with E-state index >= 15 is 0 Å². The molecule has 1 aliphatic carbocycles. The molecule has 10 heavy (non-hydrogen) atoms. The Labute approximate surface area is 63.5 Å². The van der Waals surface area contributed by atoms with Crippen LogP contribution in [0.25, 0.3) is 0 Å². The summed E-state index contributed by atoms with van der Waals surface area (Å²) in [5, 5.41) is 3.31. The van der Waals surface area contributed by atoms with Crippen LogP contribution in [0.15, 0.2) is 12.2 Å². The molecule has 0 aromatic heterocycles. The van der Waals surface area contributed by atoms with Crippen LogP contribution in [0.1, 0.15) is 26.7 Å². The summed E-state index contributed by atoms with van der Waals surface area (Å²) in [6.45, 7) is 4.52. The highest BCUT2D eigenvalue weighted by molar-refractivity contribution is 5.08. The first-order chi connectivity index (χ1) is 4.66. The van der Waals surface area contributed by atoms with Gasteiger partial charge in [-0.15, -0.1) is 0 Å². The molecule has 0 amide bonds. The molecule has 0 heterocycles. The normalized spacial score (nSPS) is 40.1. The highest BCUT2D eigenvalue weighted by Crippen LogP contribution is 2.24. The highest BCUT2D eigenvalue weighted by atomic mass is 14.9. The van der Waals surface area contributed by atoms with Gasteiger partial charge in [0.25, 0.3) is 0 Å². The SMILES string of the molecule is CNC1(C)C=CC(C)CC1. The first-order valence-corrected chi connectivity index (χ1v) is 4.04. The summed E-state index contributed by atoms with van der Waals surface area (Å²) in [7, 11) is 2.03. The third-order valence-electron chi connectivity index (χ3n) is 2.48. The minimum Gasteiger partial charge on any atom is -0.311 e. The molecule has 2 unspecified atom stereocenters. The van der Waals surface area contributed by atoms with Gasteiger partial charge in [0.05, 0.1) is 0 Å². The van der Waals surface area contributed by atoms with E-state index < -0.39 is 0 Å². The second kappa shape index (κ2) is 2.75. The average Bonchev–Trinajstić information content (AvgIpc) is 1.96. The summed E-state index contributed by atoms with van der Waals surface area (Å²) in [5.74, 6) is 0.779. The largest absolute Gasteiger partial charge is 0.311 e. The number of allylic oxidation sites excluding steroid dienone is 1. The third kappa shape index (κ3) is 1.60. The monoisotopic (exact) mass is 139 g/mol. The van der Waals surface area contributed by atoms with E-state index in [1.165, 1.54) is 12.8 Å². The predicted octanol–water partition coefficient (Wildman–Crippen LogP) is 1.95. The molecule has 0 saturated carbocycles. The van der Waals surface area contributed by atoms with Gasteiger partial charge < -0.3 is 5.32 Å². The Morgan fingerprint density at radius 3 is 2.70 bits per heavy atom. The lowest BCUT2D eigenvalue weighted by Crippen LogP contribution is -2.39. The van der Waals surface area contributed by atoms with Gasteiger partial charge in [-0.2, -0.15) is 0 Å². The molecule has 58 valence electrons. The van der Waals surface area contributed by atoms with Crippen LogP contribution < -0.4 is 5.32 Å². The van der Waals surface area contributed by atoms with E-state index in [-0.39, 0.29) is 5.54 Å². The highest BCUT2D eigenvalue weighted by Gasteiger charge is 2.21. The van der Waals surface area contributed by atoms with Crippen molar-refractivity contribution in [2.75, 3.05) is 7.05 Å². The van der Waals surface area contributed by atoms with E-state index in [0.29, 0.717) is 0 Å². The predicted molar refractivity (Wildman–Crippen MR) is 45.0 cm³/mol. The number of rotatable bonds is 1. The van der Waals surface area contributed by atoms with E-state index in [1.54, 1.807) is 0 Å². The molecular formula is C9H17N. The molecule has 0 saturated heterocycles. The third-order valence-corrected chi connectivity index (χ3v) is 2.48. The summed E-state index contributed by atoms with van der Waals surface area (Å²) in [5.41, 5.74) is 0.270. The number of nitrogens with one attached hydrogen (secondary N) is 1. The van der Waals surface area contributed by atoms with Crippen molar-refractivity contribution in [1.29, 1.82) is 0 Å². The molecule has 1 aliphatic rings. The molecule has 1 rings (SSSR count).